The van der Waals surface area contributed by atoms with Crippen LogP contribution in [0.4, 0.5) is 4.79 Å². The quantitative estimate of drug-likeness (QED) is 0.860. The van der Waals surface area contributed by atoms with E-state index in [9.17, 15) is 4.79 Å². The third kappa shape index (κ3) is 2.84. The average molecular weight is 299 g/mol. The second-order valence-corrected chi connectivity index (χ2v) is 6.53. The van der Waals surface area contributed by atoms with Crippen molar-refractivity contribution < 1.29 is 9.53 Å². The van der Waals surface area contributed by atoms with Crippen LogP contribution in [0.3, 0.4) is 0 Å². The van der Waals surface area contributed by atoms with Crippen molar-refractivity contribution in [3.05, 3.63) is 42.5 Å². The van der Waals surface area contributed by atoms with Crippen molar-refractivity contribution in [2.45, 2.75) is 45.3 Å². The third-order valence-electron chi connectivity index (χ3n) is 3.69. The number of rotatable bonds is 1. The molecule has 0 radical (unpaired) electrons. The Kier molecular flexibility index (Phi) is 3.64. The number of nitrogens with one attached hydrogen (secondary N) is 1. The van der Waals surface area contributed by atoms with Gasteiger partial charge in [-0.3, -0.25) is 9.88 Å². The Labute approximate surface area is 130 Å². The van der Waals surface area contributed by atoms with E-state index in [1.54, 1.807) is 17.3 Å². The molecule has 1 aliphatic heterocycles. The first-order valence-corrected chi connectivity index (χ1v) is 7.55. The van der Waals surface area contributed by atoms with E-state index in [4.69, 9.17) is 4.74 Å². The van der Waals surface area contributed by atoms with Crippen LogP contribution in [0.25, 0.3) is 10.9 Å². The topological polar surface area (TPSA) is 58.2 Å². The number of carbonyl (C=O) groups excluding carboxylic acids is 1. The Morgan fingerprint density at radius 1 is 1.45 bits per heavy atom. The zero-order valence-corrected chi connectivity index (χ0v) is 13.2. The largest absolute Gasteiger partial charge is 0.443 e. The summed E-state index contributed by atoms with van der Waals surface area (Å²) in [7, 11) is 0. The van der Waals surface area contributed by atoms with Crippen LogP contribution >= 0.6 is 0 Å². The summed E-state index contributed by atoms with van der Waals surface area (Å²) >= 11 is 0. The van der Waals surface area contributed by atoms with Gasteiger partial charge in [-0.2, -0.15) is 0 Å². The molecule has 5 nitrogen and oxygen atoms in total. The van der Waals surface area contributed by atoms with Crippen LogP contribution in [-0.2, 0) is 4.74 Å². The Morgan fingerprint density at radius 3 is 3.05 bits per heavy atom. The fraction of sp³-hybridized carbons (Fsp3) is 0.412. The van der Waals surface area contributed by atoms with Gasteiger partial charge in [0.1, 0.15) is 5.60 Å². The van der Waals surface area contributed by atoms with Crippen molar-refractivity contribution >= 4 is 17.0 Å². The van der Waals surface area contributed by atoms with Gasteiger partial charge in [-0.25, -0.2) is 4.79 Å². The minimum Gasteiger partial charge on any atom is -0.443 e. The number of fused-ring (bicyclic) bond motifs is 1. The van der Waals surface area contributed by atoms with E-state index in [-0.39, 0.29) is 12.1 Å². The molecule has 0 saturated carbocycles. The summed E-state index contributed by atoms with van der Waals surface area (Å²) in [6.07, 6.45) is 10.9. The molecule has 5 heteroatoms. The number of hydrogen-bond donors (Lipinski definition) is 1. The first-order valence-electron chi connectivity index (χ1n) is 7.55. The maximum absolute atomic E-state index is 12.5. The van der Waals surface area contributed by atoms with Gasteiger partial charge < -0.3 is 9.72 Å². The monoisotopic (exact) mass is 299 g/mol. The van der Waals surface area contributed by atoms with E-state index in [0.29, 0.717) is 0 Å². The van der Waals surface area contributed by atoms with Gasteiger partial charge in [0.15, 0.2) is 0 Å². The molecule has 0 saturated heterocycles. The molecule has 2 aromatic rings. The Balaban J connectivity index is 1.94. The van der Waals surface area contributed by atoms with Crippen molar-refractivity contribution in [3.63, 3.8) is 0 Å². The van der Waals surface area contributed by atoms with E-state index < -0.39 is 5.60 Å². The zero-order valence-electron chi connectivity index (χ0n) is 13.2. The molecular weight excluding hydrogens is 278 g/mol. The number of amides is 1. The molecule has 3 rings (SSSR count). The van der Waals surface area contributed by atoms with Crippen molar-refractivity contribution in [3.8, 4) is 0 Å². The lowest BCUT2D eigenvalue weighted by Crippen LogP contribution is -2.37. The standard InChI is InChI=1S/C17H21N3O2/c1-17(2,3)22-16(21)20-9-5-4-6-15(20)13-10-19-14-11-18-8-7-12(13)14/h5,7-11,15,19H,4,6H2,1-3H3. The van der Waals surface area contributed by atoms with E-state index in [0.717, 1.165) is 29.3 Å². The molecule has 2 aromatic heterocycles. The highest BCUT2D eigenvalue weighted by molar-refractivity contribution is 5.83. The second-order valence-electron chi connectivity index (χ2n) is 6.53. The van der Waals surface area contributed by atoms with Crippen LogP contribution < -0.4 is 0 Å². The summed E-state index contributed by atoms with van der Waals surface area (Å²) < 4.78 is 5.53. The smallest absolute Gasteiger partial charge is 0.414 e. The van der Waals surface area contributed by atoms with Crippen molar-refractivity contribution in [1.82, 2.24) is 14.9 Å². The van der Waals surface area contributed by atoms with Crippen LogP contribution in [-0.4, -0.2) is 26.6 Å². The van der Waals surface area contributed by atoms with E-state index >= 15 is 0 Å². The van der Waals surface area contributed by atoms with Gasteiger partial charge >= 0.3 is 6.09 Å². The van der Waals surface area contributed by atoms with E-state index in [1.807, 2.05) is 45.3 Å². The van der Waals surface area contributed by atoms with Crippen molar-refractivity contribution in [2.75, 3.05) is 0 Å². The average Bonchev–Trinajstić information content (AvgIpc) is 2.89. The molecule has 1 atom stereocenters. The lowest BCUT2D eigenvalue weighted by molar-refractivity contribution is 0.0250. The minimum atomic E-state index is -0.503. The number of nitrogens with zero attached hydrogens (tertiary/aromatic N) is 2. The molecule has 1 unspecified atom stereocenters. The SMILES string of the molecule is CC(C)(C)OC(=O)N1C=CCCC1c1c[nH]c2cnccc12. The van der Waals surface area contributed by atoms with Crippen LogP contribution in [0.15, 0.2) is 36.9 Å². The lowest BCUT2D eigenvalue weighted by atomic mass is 9.98. The summed E-state index contributed by atoms with van der Waals surface area (Å²) in [6.45, 7) is 5.64. The van der Waals surface area contributed by atoms with Crippen LogP contribution in [0, 0.1) is 0 Å². The molecule has 22 heavy (non-hydrogen) atoms. The number of pyridine rings is 1. The summed E-state index contributed by atoms with van der Waals surface area (Å²) in [5, 5.41) is 1.10. The number of allylic oxidation sites excluding steroid dienone is 1. The molecule has 0 bridgehead atoms. The number of carbonyl (C=O) groups is 1. The van der Waals surface area contributed by atoms with Gasteiger partial charge in [0.05, 0.1) is 17.8 Å². The highest BCUT2D eigenvalue weighted by Crippen LogP contribution is 2.35. The van der Waals surface area contributed by atoms with Crippen LogP contribution in [0.2, 0.25) is 0 Å². The predicted molar refractivity (Wildman–Crippen MR) is 85.3 cm³/mol. The first kappa shape index (κ1) is 14.6. The van der Waals surface area contributed by atoms with Crippen molar-refractivity contribution in [2.24, 2.45) is 0 Å². The fourth-order valence-corrected chi connectivity index (χ4v) is 2.76. The molecular formula is C17H21N3O2. The highest BCUT2D eigenvalue weighted by atomic mass is 16.6. The van der Waals surface area contributed by atoms with E-state index in [1.165, 1.54) is 0 Å². The van der Waals surface area contributed by atoms with Gasteiger partial charge in [0, 0.05) is 29.5 Å². The number of ether oxygens (including phenoxy) is 1. The summed E-state index contributed by atoms with van der Waals surface area (Å²) in [5.74, 6) is 0. The number of hydrogen-bond acceptors (Lipinski definition) is 3. The fourth-order valence-electron chi connectivity index (χ4n) is 2.76. The maximum Gasteiger partial charge on any atom is 0.414 e. The predicted octanol–water partition coefficient (Wildman–Crippen LogP) is 4.15. The normalized spacial score (nSPS) is 18.7. The molecule has 0 aliphatic carbocycles. The number of aromatic nitrogens is 2. The molecule has 116 valence electrons. The van der Waals surface area contributed by atoms with Gasteiger partial charge in [-0.15, -0.1) is 0 Å². The van der Waals surface area contributed by atoms with Gasteiger partial charge in [0.2, 0.25) is 0 Å². The Hall–Kier alpha value is -2.30. The molecule has 0 spiro atoms. The van der Waals surface area contributed by atoms with E-state index in [2.05, 4.69) is 9.97 Å². The van der Waals surface area contributed by atoms with Gasteiger partial charge in [-0.1, -0.05) is 6.08 Å². The Bertz CT molecular complexity index is 712. The van der Waals surface area contributed by atoms with Gasteiger partial charge in [0.25, 0.3) is 0 Å². The minimum absolute atomic E-state index is 0.0176. The van der Waals surface area contributed by atoms with Crippen LogP contribution in [0.5, 0.6) is 0 Å². The highest BCUT2D eigenvalue weighted by Gasteiger charge is 2.30. The maximum atomic E-state index is 12.5. The summed E-state index contributed by atoms with van der Waals surface area (Å²) in [4.78, 5) is 21.5. The second kappa shape index (κ2) is 5.48. The zero-order chi connectivity index (χ0) is 15.7. The number of H-pyrrole nitrogens is 1. The molecule has 1 aliphatic rings. The van der Waals surface area contributed by atoms with Crippen molar-refractivity contribution in [1.29, 1.82) is 0 Å². The molecule has 1 N–H and O–H groups in total. The summed E-state index contributed by atoms with van der Waals surface area (Å²) in [5.41, 5.74) is 1.58. The molecule has 0 fully saturated rings. The third-order valence-corrected chi connectivity index (χ3v) is 3.69. The molecule has 3 heterocycles. The molecule has 0 aromatic carbocycles. The van der Waals surface area contributed by atoms with Crippen LogP contribution in [0.1, 0.15) is 45.2 Å². The number of aromatic amines is 1. The molecule has 1 amide bonds. The lowest BCUT2D eigenvalue weighted by Gasteiger charge is -2.33. The van der Waals surface area contributed by atoms with Gasteiger partial charge in [-0.05, 0) is 39.7 Å². The first-order chi connectivity index (χ1) is 10.5. The Morgan fingerprint density at radius 2 is 2.27 bits per heavy atom. The summed E-state index contributed by atoms with van der Waals surface area (Å²) in [6, 6.07) is 1.96.